The van der Waals surface area contributed by atoms with E-state index in [4.69, 9.17) is 20.1 Å². The second kappa shape index (κ2) is 6.21. The van der Waals surface area contributed by atoms with Crippen molar-refractivity contribution in [2.75, 3.05) is 0 Å². The lowest BCUT2D eigenvalue weighted by Gasteiger charge is -2.24. The molecule has 0 amide bonds. The van der Waals surface area contributed by atoms with Crippen molar-refractivity contribution in [2.24, 2.45) is 0 Å². The van der Waals surface area contributed by atoms with Crippen LogP contribution in [0.2, 0.25) is 0 Å². The Bertz CT molecular complexity index is 661. The van der Waals surface area contributed by atoms with Crippen molar-refractivity contribution in [1.29, 1.82) is 0 Å². The molecule has 23 heavy (non-hydrogen) atoms. The maximum atomic E-state index is 9.06. The molecule has 1 aliphatic rings. The molecular weight excluding hydrogens is 292 g/mol. The van der Waals surface area contributed by atoms with Gasteiger partial charge in [0.15, 0.2) is 0 Å². The topological polar surface area (TPSA) is 69.9 Å². The Morgan fingerprint density at radius 1 is 1.09 bits per heavy atom. The highest BCUT2D eigenvalue weighted by Gasteiger charge is 2.32. The molecule has 0 heterocycles. The highest BCUT2D eigenvalue weighted by Crippen LogP contribution is 2.47. The molecule has 3 rings (SSSR count). The predicted octanol–water partition coefficient (Wildman–Crippen LogP) is 2.61. The number of benzene rings is 1. The van der Waals surface area contributed by atoms with E-state index in [9.17, 15) is 0 Å². The Labute approximate surface area is 136 Å². The fraction of sp³-hybridized carbons (Fsp3) is 0.368. The smallest absolute Gasteiger partial charge is 0.417 e. The average molecular weight is 312 g/mol. The monoisotopic (exact) mass is 312 g/mol. The van der Waals surface area contributed by atoms with Gasteiger partial charge in [0.1, 0.15) is 5.75 Å². The van der Waals surface area contributed by atoms with Gasteiger partial charge in [-0.15, -0.1) is 0 Å². The first-order valence-electron chi connectivity index (χ1n) is 7.79. The summed E-state index contributed by atoms with van der Waals surface area (Å²) in [5, 5.41) is 27.2. The zero-order valence-corrected chi connectivity index (χ0v) is 13.0. The second-order valence-electron chi connectivity index (χ2n) is 6.04. The van der Waals surface area contributed by atoms with Crippen LogP contribution in [0.3, 0.4) is 0 Å². The molecule has 3 N–H and O–H groups in total. The molecule has 0 aliphatic heterocycles. The van der Waals surface area contributed by atoms with Gasteiger partial charge < -0.3 is 20.1 Å². The molecule has 0 saturated heterocycles. The van der Waals surface area contributed by atoms with E-state index in [1.807, 2.05) is 25.1 Å². The van der Waals surface area contributed by atoms with Crippen LogP contribution in [0.15, 0.2) is 36.4 Å². The van der Waals surface area contributed by atoms with E-state index in [0.29, 0.717) is 11.8 Å². The van der Waals surface area contributed by atoms with E-state index >= 15 is 0 Å². The lowest BCUT2D eigenvalue weighted by Crippen LogP contribution is -2.35. The Hall–Kier alpha value is -2.06. The predicted molar refractivity (Wildman–Crippen MR) is 84.6 cm³/mol. The number of rotatable bonds is 4. The van der Waals surface area contributed by atoms with Gasteiger partial charge in [-0.3, -0.25) is 0 Å². The lowest BCUT2D eigenvalue weighted by atomic mass is 9.82. The molecule has 1 saturated carbocycles. The van der Waals surface area contributed by atoms with E-state index in [0.717, 1.165) is 36.0 Å². The van der Waals surface area contributed by atoms with E-state index < -0.39 is 6.16 Å². The molecule has 2 aromatic carbocycles. The first-order chi connectivity index (χ1) is 11.0. The molecule has 2 unspecified atom stereocenters. The van der Waals surface area contributed by atoms with Gasteiger partial charge >= 0.3 is 6.16 Å². The maximum absolute atomic E-state index is 9.06. The first kappa shape index (κ1) is 15.8. The molecular formula is C19H20O4. The van der Waals surface area contributed by atoms with Gasteiger partial charge in [0.25, 0.3) is 0 Å². The SMILES string of the molecule is Cc1c(OC(O)(O)O)cccc1C1CCCC1c1c#cccc1. The average Bonchev–Trinajstić information content (AvgIpc) is 2.98. The van der Waals surface area contributed by atoms with Gasteiger partial charge in [-0.25, -0.2) is 0 Å². The molecule has 2 atom stereocenters. The van der Waals surface area contributed by atoms with Crippen LogP contribution < -0.4 is 4.74 Å². The Morgan fingerprint density at radius 2 is 1.87 bits per heavy atom. The molecule has 1 fully saturated rings. The Balaban J connectivity index is 1.93. The highest BCUT2D eigenvalue weighted by molar-refractivity contribution is 5.43. The minimum atomic E-state index is -3.17. The van der Waals surface area contributed by atoms with Gasteiger partial charge in [0.05, 0.1) is 0 Å². The zero-order chi connectivity index (χ0) is 16.4. The fourth-order valence-corrected chi connectivity index (χ4v) is 3.58. The van der Waals surface area contributed by atoms with Crippen molar-refractivity contribution < 1.29 is 20.1 Å². The molecule has 4 nitrogen and oxygen atoms in total. The van der Waals surface area contributed by atoms with E-state index in [1.165, 1.54) is 0 Å². The van der Waals surface area contributed by atoms with Crippen LogP contribution in [0, 0.1) is 19.1 Å². The summed E-state index contributed by atoms with van der Waals surface area (Å²) in [5.74, 6) is 0.948. The van der Waals surface area contributed by atoms with Crippen molar-refractivity contribution in [3.63, 3.8) is 0 Å². The minimum absolute atomic E-state index is 0.268. The lowest BCUT2D eigenvalue weighted by molar-refractivity contribution is -0.419. The zero-order valence-electron chi connectivity index (χ0n) is 13.0. The van der Waals surface area contributed by atoms with Crippen molar-refractivity contribution in [2.45, 2.75) is 44.2 Å². The summed E-state index contributed by atoms with van der Waals surface area (Å²) < 4.78 is 4.83. The van der Waals surface area contributed by atoms with Crippen molar-refractivity contribution in [1.82, 2.24) is 0 Å². The summed E-state index contributed by atoms with van der Waals surface area (Å²) in [6.07, 6.45) is 0.112. The standard InChI is InChI=1S/C19H20O4/c1-13-15(9-6-12-18(13)23-19(20,21)22)17-11-5-10-16(17)14-7-3-2-4-8-14/h2-3,6-7,9,12,16-17,20-22H,5,10-11H2,1H3. The molecule has 4 heteroatoms. The van der Waals surface area contributed by atoms with Gasteiger partial charge in [-0.2, -0.15) is 0 Å². The molecule has 0 spiro atoms. The van der Waals surface area contributed by atoms with Crippen LogP contribution in [0.25, 0.3) is 0 Å². The third-order valence-corrected chi connectivity index (χ3v) is 4.56. The minimum Gasteiger partial charge on any atom is -0.417 e. The Kier molecular flexibility index (Phi) is 4.27. The summed E-state index contributed by atoms with van der Waals surface area (Å²) in [6.45, 7) is 1.87. The summed E-state index contributed by atoms with van der Waals surface area (Å²) in [5.41, 5.74) is 3.07. The number of ether oxygens (including phenoxy) is 1. The van der Waals surface area contributed by atoms with Gasteiger partial charge in [0, 0.05) is 5.56 Å². The number of hydrogen-bond donors (Lipinski definition) is 3. The Morgan fingerprint density at radius 3 is 2.57 bits per heavy atom. The molecule has 0 radical (unpaired) electrons. The van der Waals surface area contributed by atoms with Crippen LogP contribution in [0.1, 0.15) is 47.8 Å². The van der Waals surface area contributed by atoms with Crippen molar-refractivity contribution >= 4 is 0 Å². The molecule has 0 aromatic heterocycles. The summed E-state index contributed by atoms with van der Waals surface area (Å²) in [6, 6.07) is 17.6. The molecule has 2 aromatic rings. The van der Waals surface area contributed by atoms with Crippen LogP contribution in [-0.2, 0) is 0 Å². The highest BCUT2D eigenvalue weighted by atomic mass is 16.9. The largest absolute Gasteiger partial charge is 0.453 e. The van der Waals surface area contributed by atoms with Crippen LogP contribution in [0.5, 0.6) is 5.75 Å². The summed E-state index contributed by atoms with van der Waals surface area (Å²) in [4.78, 5) is 0. The second-order valence-corrected chi connectivity index (χ2v) is 6.04. The summed E-state index contributed by atoms with van der Waals surface area (Å²) >= 11 is 0. The van der Waals surface area contributed by atoms with Crippen molar-refractivity contribution in [3.05, 3.63) is 65.2 Å². The third kappa shape index (κ3) is 3.48. The fourth-order valence-electron chi connectivity index (χ4n) is 3.58. The van der Waals surface area contributed by atoms with Crippen LogP contribution in [0.4, 0.5) is 0 Å². The van der Waals surface area contributed by atoms with E-state index in [-0.39, 0.29) is 5.75 Å². The summed E-state index contributed by atoms with van der Waals surface area (Å²) in [7, 11) is 0. The van der Waals surface area contributed by atoms with Crippen LogP contribution >= 0.6 is 0 Å². The third-order valence-electron chi connectivity index (χ3n) is 4.56. The number of aliphatic hydroxyl groups is 3. The first-order valence-corrected chi connectivity index (χ1v) is 7.79. The number of hydrogen-bond acceptors (Lipinski definition) is 4. The van der Waals surface area contributed by atoms with Gasteiger partial charge in [-0.1, -0.05) is 36.8 Å². The van der Waals surface area contributed by atoms with E-state index in [2.05, 4.69) is 18.2 Å². The van der Waals surface area contributed by atoms with E-state index in [1.54, 1.807) is 12.1 Å². The molecule has 0 bridgehead atoms. The van der Waals surface area contributed by atoms with Crippen molar-refractivity contribution in [3.8, 4) is 5.75 Å². The van der Waals surface area contributed by atoms with Gasteiger partial charge in [0.2, 0.25) is 0 Å². The molecule has 120 valence electrons. The van der Waals surface area contributed by atoms with Crippen LogP contribution in [-0.4, -0.2) is 21.5 Å². The molecule has 1 aliphatic carbocycles. The quantitative estimate of drug-likeness (QED) is 0.759. The normalized spacial score (nSPS) is 21.0. The van der Waals surface area contributed by atoms with Gasteiger partial charge in [-0.05, 0) is 60.9 Å². The maximum Gasteiger partial charge on any atom is 0.453 e.